The van der Waals surface area contributed by atoms with Crippen molar-refractivity contribution in [3.8, 4) is 0 Å². The van der Waals surface area contributed by atoms with Crippen molar-refractivity contribution >= 4 is 0 Å². The Bertz CT molecular complexity index is 231. The van der Waals surface area contributed by atoms with Crippen molar-refractivity contribution < 1.29 is 9.31 Å². The molecule has 0 aliphatic rings. The summed E-state index contributed by atoms with van der Waals surface area (Å²) < 4.78 is 12.5. The van der Waals surface area contributed by atoms with Gasteiger partial charge in [-0.05, 0) is 19.6 Å². The van der Waals surface area contributed by atoms with Crippen LogP contribution in [0.1, 0.15) is 6.92 Å². The summed E-state index contributed by atoms with van der Waals surface area (Å²) in [6, 6.07) is 0. The van der Waals surface area contributed by atoms with E-state index in [1.807, 2.05) is 0 Å². The maximum Gasteiger partial charge on any atom is 0.297 e. The van der Waals surface area contributed by atoms with Crippen LogP contribution in [0.5, 0.6) is 0 Å². The third kappa shape index (κ3) is 3.30. The minimum atomic E-state index is -0.923. The van der Waals surface area contributed by atoms with Crippen molar-refractivity contribution in [1.82, 2.24) is 0 Å². The second-order valence-electron chi connectivity index (χ2n) is 1.74. The fraction of sp³-hybridized carbons (Fsp3) is 0.143. The van der Waals surface area contributed by atoms with Crippen LogP contribution < -0.4 is 0 Å². The lowest BCUT2D eigenvalue weighted by Crippen LogP contribution is -1.96. The fourth-order valence-corrected chi connectivity index (χ4v) is 0.364. The van der Waals surface area contributed by atoms with Gasteiger partial charge in [-0.3, -0.25) is 10.1 Å². The quantitative estimate of drug-likeness (QED) is 0.358. The van der Waals surface area contributed by atoms with Crippen LogP contribution in [0.15, 0.2) is 36.3 Å². The number of nitro groups is 1. The third-order valence-electron chi connectivity index (χ3n) is 0.931. The highest BCUT2D eigenvalue weighted by atomic mass is 19.1. The second kappa shape index (κ2) is 4.38. The van der Waals surface area contributed by atoms with Gasteiger partial charge in [0.2, 0.25) is 0 Å². The molecule has 0 bridgehead atoms. The average Bonchev–Trinajstić information content (AvgIpc) is 1.98. The Morgan fingerprint density at radius 1 is 1.73 bits per heavy atom. The summed E-state index contributed by atoms with van der Waals surface area (Å²) in [5.41, 5.74) is -0.719. The minimum absolute atomic E-state index is 0.719. The molecule has 0 fully saturated rings. The summed E-state index contributed by atoms with van der Waals surface area (Å²) in [5.74, 6) is -0.923. The van der Waals surface area contributed by atoms with E-state index in [0.29, 0.717) is 0 Å². The molecule has 0 aliphatic heterocycles. The maximum atomic E-state index is 12.5. The number of halogens is 1. The normalized spacial score (nSPS) is 12.0. The Morgan fingerprint density at radius 3 is 2.64 bits per heavy atom. The summed E-state index contributed by atoms with van der Waals surface area (Å²) in [5, 5.41) is 9.90. The predicted octanol–water partition coefficient (Wildman–Crippen LogP) is 2.21. The molecule has 0 saturated carbocycles. The van der Waals surface area contributed by atoms with E-state index in [2.05, 4.69) is 6.58 Å². The zero-order valence-electron chi connectivity index (χ0n) is 6.08. The molecule has 4 heteroatoms. The third-order valence-corrected chi connectivity index (χ3v) is 0.931. The van der Waals surface area contributed by atoms with E-state index in [9.17, 15) is 14.5 Å². The second-order valence-corrected chi connectivity index (χ2v) is 1.74. The minimum Gasteiger partial charge on any atom is -0.258 e. The molecular weight excluding hydrogens is 149 g/mol. The summed E-state index contributed by atoms with van der Waals surface area (Å²) >= 11 is 0. The molecule has 0 aromatic rings. The van der Waals surface area contributed by atoms with Crippen LogP contribution in [0.4, 0.5) is 4.39 Å². The molecule has 0 atom stereocenters. The summed E-state index contributed by atoms with van der Waals surface area (Å²) in [4.78, 5) is 9.04. The highest BCUT2D eigenvalue weighted by Crippen LogP contribution is 2.08. The lowest BCUT2D eigenvalue weighted by Gasteiger charge is -1.88. The first kappa shape index (κ1) is 9.55. The first-order chi connectivity index (χ1) is 5.09. The van der Waals surface area contributed by atoms with Gasteiger partial charge in [0.05, 0.1) is 4.92 Å². The van der Waals surface area contributed by atoms with Gasteiger partial charge in [0, 0.05) is 0 Å². The number of allylic oxidation sites excluding steroid dienone is 4. The first-order valence-electron chi connectivity index (χ1n) is 2.91. The van der Waals surface area contributed by atoms with E-state index in [-0.39, 0.29) is 0 Å². The van der Waals surface area contributed by atoms with Crippen LogP contribution in [-0.4, -0.2) is 4.92 Å². The van der Waals surface area contributed by atoms with Gasteiger partial charge in [-0.1, -0.05) is 12.2 Å². The molecule has 0 unspecified atom stereocenters. The van der Waals surface area contributed by atoms with E-state index in [4.69, 9.17) is 0 Å². The van der Waals surface area contributed by atoms with E-state index in [1.54, 1.807) is 13.0 Å². The van der Waals surface area contributed by atoms with Crippen molar-refractivity contribution in [2.75, 3.05) is 0 Å². The molecule has 11 heavy (non-hydrogen) atoms. The van der Waals surface area contributed by atoms with Gasteiger partial charge >= 0.3 is 0 Å². The van der Waals surface area contributed by atoms with Gasteiger partial charge in [0.25, 0.3) is 5.70 Å². The molecule has 0 N–H and O–H groups in total. The highest BCUT2D eigenvalue weighted by molar-refractivity contribution is 5.19. The molecule has 0 spiro atoms. The Labute approximate surface area is 63.7 Å². The maximum absolute atomic E-state index is 12.5. The van der Waals surface area contributed by atoms with Crippen molar-refractivity contribution in [3.05, 3.63) is 46.4 Å². The lowest BCUT2D eigenvalue weighted by atomic mass is 10.4. The van der Waals surface area contributed by atoms with Gasteiger partial charge in [0.15, 0.2) is 5.83 Å². The first-order valence-corrected chi connectivity index (χ1v) is 2.91. The van der Waals surface area contributed by atoms with Crippen LogP contribution in [0.2, 0.25) is 0 Å². The Hall–Kier alpha value is -1.45. The van der Waals surface area contributed by atoms with Crippen LogP contribution in [0.3, 0.4) is 0 Å². The summed E-state index contributed by atoms with van der Waals surface area (Å²) in [7, 11) is 0. The lowest BCUT2D eigenvalue weighted by molar-refractivity contribution is -0.422. The monoisotopic (exact) mass is 157 g/mol. The molecule has 0 aromatic carbocycles. The number of hydrogen-bond donors (Lipinski definition) is 0. The molecule has 0 heterocycles. The van der Waals surface area contributed by atoms with Crippen LogP contribution in [-0.2, 0) is 0 Å². The average molecular weight is 157 g/mol. The van der Waals surface area contributed by atoms with Crippen LogP contribution in [0, 0.1) is 10.1 Å². The zero-order valence-corrected chi connectivity index (χ0v) is 6.08. The summed E-state index contributed by atoms with van der Waals surface area (Å²) in [6.07, 6.45) is 3.92. The molecule has 3 nitrogen and oxygen atoms in total. The van der Waals surface area contributed by atoms with Crippen LogP contribution >= 0.6 is 0 Å². The topological polar surface area (TPSA) is 43.1 Å². The van der Waals surface area contributed by atoms with E-state index >= 15 is 0 Å². The molecule has 0 aliphatic carbocycles. The van der Waals surface area contributed by atoms with Gasteiger partial charge in [-0.15, -0.1) is 0 Å². The Morgan fingerprint density at radius 2 is 2.27 bits per heavy atom. The Kier molecular flexibility index (Phi) is 3.80. The highest BCUT2D eigenvalue weighted by Gasteiger charge is 2.11. The molecular formula is C7H8FNO2. The van der Waals surface area contributed by atoms with Gasteiger partial charge in [0.1, 0.15) is 0 Å². The van der Waals surface area contributed by atoms with Crippen molar-refractivity contribution in [2.24, 2.45) is 0 Å². The predicted molar refractivity (Wildman–Crippen MR) is 40.1 cm³/mol. The molecule has 0 aromatic heterocycles. The smallest absolute Gasteiger partial charge is 0.258 e. The molecule has 60 valence electrons. The van der Waals surface area contributed by atoms with E-state index in [0.717, 1.165) is 6.08 Å². The van der Waals surface area contributed by atoms with Crippen LogP contribution in [0.25, 0.3) is 0 Å². The Balaban J connectivity index is 4.36. The van der Waals surface area contributed by atoms with Crippen molar-refractivity contribution in [2.45, 2.75) is 6.92 Å². The largest absolute Gasteiger partial charge is 0.297 e. The standard InChI is InChI=1S/C7H8FNO2/c1-3-4-5-7(8)6(2)9(10)11/h3-5H,2H2,1H3/b4-3-,7-5+. The van der Waals surface area contributed by atoms with E-state index in [1.165, 1.54) is 6.08 Å². The molecule has 0 amide bonds. The number of hydrogen-bond acceptors (Lipinski definition) is 2. The zero-order chi connectivity index (χ0) is 8.85. The molecule has 0 saturated heterocycles. The van der Waals surface area contributed by atoms with Gasteiger partial charge in [-0.2, -0.15) is 4.39 Å². The van der Waals surface area contributed by atoms with Gasteiger partial charge in [-0.25, -0.2) is 0 Å². The SMILES string of the molecule is C=C(/C(F)=C\C=C/C)[N+](=O)[O-]. The number of rotatable bonds is 3. The molecule has 0 rings (SSSR count). The summed E-state index contributed by atoms with van der Waals surface area (Å²) in [6.45, 7) is 4.61. The number of nitrogens with zero attached hydrogens (tertiary/aromatic N) is 1. The fourth-order valence-electron chi connectivity index (χ4n) is 0.364. The van der Waals surface area contributed by atoms with Gasteiger partial charge < -0.3 is 0 Å². The van der Waals surface area contributed by atoms with Crippen molar-refractivity contribution in [3.63, 3.8) is 0 Å². The van der Waals surface area contributed by atoms with E-state index < -0.39 is 16.4 Å². The van der Waals surface area contributed by atoms with Crippen molar-refractivity contribution in [1.29, 1.82) is 0 Å². The molecule has 0 radical (unpaired) electrons.